The van der Waals surface area contributed by atoms with E-state index in [4.69, 9.17) is 4.74 Å². The third kappa shape index (κ3) is 4.20. The van der Waals surface area contributed by atoms with Crippen molar-refractivity contribution in [3.05, 3.63) is 29.3 Å². The Bertz CT molecular complexity index is 383. The first-order chi connectivity index (χ1) is 9.16. The molecule has 1 fully saturated rings. The highest BCUT2D eigenvalue weighted by atomic mass is 16.5. The van der Waals surface area contributed by atoms with Gasteiger partial charge < -0.3 is 15.2 Å². The summed E-state index contributed by atoms with van der Waals surface area (Å²) in [7, 11) is 0. The molecule has 106 valence electrons. The van der Waals surface area contributed by atoms with E-state index in [9.17, 15) is 5.11 Å². The van der Waals surface area contributed by atoms with E-state index in [0.717, 1.165) is 32.0 Å². The fourth-order valence-corrected chi connectivity index (χ4v) is 2.46. The number of aliphatic hydroxyl groups is 1. The van der Waals surface area contributed by atoms with Crippen molar-refractivity contribution < 1.29 is 9.84 Å². The number of β-amino-alcohol motifs (C(OH)–C–C–N with tert-alkyl or cyclic N) is 1. The normalized spacial score (nSPS) is 18.3. The lowest BCUT2D eigenvalue weighted by molar-refractivity contribution is 0.0171. The first-order valence-electron chi connectivity index (χ1n) is 6.95. The van der Waals surface area contributed by atoms with Crippen LogP contribution in [-0.2, 0) is 4.74 Å². The van der Waals surface area contributed by atoms with E-state index in [0.29, 0.717) is 13.1 Å². The van der Waals surface area contributed by atoms with Crippen LogP contribution in [0.25, 0.3) is 0 Å². The topological polar surface area (TPSA) is 44.7 Å². The standard InChI is InChI=1S/C15H24N2O2/c1-12-4-3-5-13(2)15(12)16-10-14(18)11-17-6-8-19-9-7-17/h3-5,14,16,18H,6-11H2,1-2H3. The van der Waals surface area contributed by atoms with Gasteiger partial charge in [-0.25, -0.2) is 0 Å². The molecule has 0 bridgehead atoms. The van der Waals surface area contributed by atoms with Gasteiger partial charge in [-0.1, -0.05) is 18.2 Å². The smallest absolute Gasteiger partial charge is 0.0839 e. The van der Waals surface area contributed by atoms with Crippen LogP contribution in [0.3, 0.4) is 0 Å². The predicted octanol–water partition coefficient (Wildman–Crippen LogP) is 1.41. The number of para-hydroxylation sites is 1. The minimum atomic E-state index is -0.350. The summed E-state index contributed by atoms with van der Waals surface area (Å²) in [5.74, 6) is 0. The van der Waals surface area contributed by atoms with E-state index in [1.54, 1.807) is 0 Å². The number of rotatable bonds is 5. The van der Waals surface area contributed by atoms with Gasteiger partial charge in [0.1, 0.15) is 0 Å². The van der Waals surface area contributed by atoms with Crippen molar-refractivity contribution in [2.24, 2.45) is 0 Å². The van der Waals surface area contributed by atoms with E-state index < -0.39 is 0 Å². The molecule has 1 aromatic carbocycles. The molecule has 0 saturated carbocycles. The van der Waals surface area contributed by atoms with E-state index in [1.165, 1.54) is 11.1 Å². The number of aliphatic hydroxyl groups excluding tert-OH is 1. The zero-order chi connectivity index (χ0) is 13.7. The first-order valence-corrected chi connectivity index (χ1v) is 6.95. The summed E-state index contributed by atoms with van der Waals surface area (Å²) in [4.78, 5) is 2.25. The molecule has 4 nitrogen and oxygen atoms in total. The Morgan fingerprint density at radius 3 is 2.53 bits per heavy atom. The second-order valence-corrected chi connectivity index (χ2v) is 5.21. The predicted molar refractivity (Wildman–Crippen MR) is 77.7 cm³/mol. The van der Waals surface area contributed by atoms with Crippen molar-refractivity contribution in [1.29, 1.82) is 0 Å². The minimum absolute atomic E-state index is 0.350. The number of aryl methyl sites for hydroxylation is 2. The van der Waals surface area contributed by atoms with Crippen LogP contribution in [0.2, 0.25) is 0 Å². The number of morpholine rings is 1. The number of nitrogens with one attached hydrogen (secondary N) is 1. The van der Waals surface area contributed by atoms with Crippen LogP contribution in [-0.4, -0.2) is 55.5 Å². The summed E-state index contributed by atoms with van der Waals surface area (Å²) in [6, 6.07) is 6.23. The molecule has 0 amide bonds. The van der Waals surface area contributed by atoms with Crippen LogP contribution in [0, 0.1) is 13.8 Å². The fourth-order valence-electron chi connectivity index (χ4n) is 2.46. The summed E-state index contributed by atoms with van der Waals surface area (Å²) in [5.41, 5.74) is 3.58. The van der Waals surface area contributed by atoms with Gasteiger partial charge in [-0.15, -0.1) is 0 Å². The number of ether oxygens (including phenoxy) is 1. The van der Waals surface area contributed by atoms with Crippen molar-refractivity contribution in [1.82, 2.24) is 4.90 Å². The van der Waals surface area contributed by atoms with Crippen molar-refractivity contribution in [2.45, 2.75) is 20.0 Å². The molecular formula is C15H24N2O2. The van der Waals surface area contributed by atoms with Crippen molar-refractivity contribution in [2.75, 3.05) is 44.7 Å². The van der Waals surface area contributed by atoms with Gasteiger partial charge in [0.05, 0.1) is 19.3 Å². The van der Waals surface area contributed by atoms with E-state index in [-0.39, 0.29) is 6.10 Å². The highest BCUT2D eigenvalue weighted by Gasteiger charge is 2.15. The molecule has 1 aliphatic heterocycles. The molecule has 1 aliphatic rings. The van der Waals surface area contributed by atoms with Crippen LogP contribution >= 0.6 is 0 Å². The SMILES string of the molecule is Cc1cccc(C)c1NCC(O)CN1CCOCC1. The van der Waals surface area contributed by atoms with Crippen molar-refractivity contribution in [3.63, 3.8) is 0 Å². The molecule has 0 aromatic heterocycles. The first kappa shape index (κ1) is 14.3. The molecule has 1 saturated heterocycles. The van der Waals surface area contributed by atoms with E-state index in [2.05, 4.69) is 42.3 Å². The second kappa shape index (κ2) is 6.89. The Balaban J connectivity index is 1.81. The lowest BCUT2D eigenvalue weighted by Gasteiger charge is -2.28. The summed E-state index contributed by atoms with van der Waals surface area (Å²) in [6.45, 7) is 8.85. The molecule has 1 aromatic rings. The molecule has 2 N–H and O–H groups in total. The zero-order valence-electron chi connectivity index (χ0n) is 11.9. The Morgan fingerprint density at radius 2 is 1.89 bits per heavy atom. The molecule has 1 heterocycles. The highest BCUT2D eigenvalue weighted by molar-refractivity contribution is 5.56. The van der Waals surface area contributed by atoms with Gasteiger partial charge in [-0.05, 0) is 25.0 Å². The van der Waals surface area contributed by atoms with Gasteiger partial charge in [0.15, 0.2) is 0 Å². The maximum Gasteiger partial charge on any atom is 0.0839 e. The zero-order valence-corrected chi connectivity index (χ0v) is 11.9. The molecule has 0 spiro atoms. The molecule has 1 atom stereocenters. The number of nitrogens with zero attached hydrogens (tertiary/aromatic N) is 1. The largest absolute Gasteiger partial charge is 0.390 e. The van der Waals surface area contributed by atoms with Gasteiger partial charge >= 0.3 is 0 Å². The number of benzene rings is 1. The monoisotopic (exact) mass is 264 g/mol. The van der Waals surface area contributed by atoms with Gasteiger partial charge in [0.2, 0.25) is 0 Å². The maximum absolute atomic E-state index is 10.1. The van der Waals surface area contributed by atoms with E-state index in [1.807, 2.05) is 0 Å². The molecule has 2 rings (SSSR count). The fraction of sp³-hybridized carbons (Fsp3) is 0.600. The Labute approximate surface area is 115 Å². The van der Waals surface area contributed by atoms with Gasteiger partial charge in [0, 0.05) is 31.9 Å². The van der Waals surface area contributed by atoms with Crippen LogP contribution in [0.5, 0.6) is 0 Å². The highest BCUT2D eigenvalue weighted by Crippen LogP contribution is 2.19. The maximum atomic E-state index is 10.1. The van der Waals surface area contributed by atoms with Crippen LogP contribution in [0.15, 0.2) is 18.2 Å². The minimum Gasteiger partial charge on any atom is -0.390 e. The van der Waals surface area contributed by atoms with Crippen LogP contribution in [0.4, 0.5) is 5.69 Å². The molecule has 1 unspecified atom stereocenters. The lowest BCUT2D eigenvalue weighted by Crippen LogP contribution is -2.42. The van der Waals surface area contributed by atoms with Gasteiger partial charge in [-0.3, -0.25) is 4.90 Å². The molecule has 0 radical (unpaired) electrons. The van der Waals surface area contributed by atoms with Crippen LogP contribution in [0.1, 0.15) is 11.1 Å². The summed E-state index contributed by atoms with van der Waals surface area (Å²) in [6.07, 6.45) is -0.350. The third-order valence-electron chi connectivity index (χ3n) is 3.57. The summed E-state index contributed by atoms with van der Waals surface area (Å²) < 4.78 is 5.30. The molecule has 4 heteroatoms. The summed E-state index contributed by atoms with van der Waals surface area (Å²) in [5, 5.41) is 13.5. The Kier molecular flexibility index (Phi) is 5.19. The Morgan fingerprint density at radius 1 is 1.26 bits per heavy atom. The average Bonchev–Trinajstić information content (AvgIpc) is 2.39. The molecule has 19 heavy (non-hydrogen) atoms. The van der Waals surface area contributed by atoms with Gasteiger partial charge in [-0.2, -0.15) is 0 Å². The van der Waals surface area contributed by atoms with E-state index >= 15 is 0 Å². The number of hydrogen-bond donors (Lipinski definition) is 2. The lowest BCUT2D eigenvalue weighted by atomic mass is 10.1. The number of hydrogen-bond acceptors (Lipinski definition) is 4. The second-order valence-electron chi connectivity index (χ2n) is 5.21. The Hall–Kier alpha value is -1.10. The van der Waals surface area contributed by atoms with Crippen molar-refractivity contribution >= 4 is 5.69 Å². The quantitative estimate of drug-likeness (QED) is 0.844. The molecule has 0 aliphatic carbocycles. The van der Waals surface area contributed by atoms with Gasteiger partial charge in [0.25, 0.3) is 0 Å². The van der Waals surface area contributed by atoms with Crippen LogP contribution < -0.4 is 5.32 Å². The number of anilines is 1. The summed E-state index contributed by atoms with van der Waals surface area (Å²) >= 11 is 0. The van der Waals surface area contributed by atoms with Crippen molar-refractivity contribution in [3.8, 4) is 0 Å². The third-order valence-corrected chi connectivity index (χ3v) is 3.57. The average molecular weight is 264 g/mol. The molecular weight excluding hydrogens is 240 g/mol.